The summed E-state index contributed by atoms with van der Waals surface area (Å²) in [6, 6.07) is 12.6. The Morgan fingerprint density at radius 2 is 1.87 bits per heavy atom. The summed E-state index contributed by atoms with van der Waals surface area (Å²) in [5.74, 6) is -0.162. The maximum absolute atomic E-state index is 12.2. The summed E-state index contributed by atoms with van der Waals surface area (Å²) in [6.07, 6.45) is 8.59. The molecule has 0 fully saturated rings. The smallest absolute Gasteiger partial charge is 0.187 e. The average Bonchev–Trinajstić information content (AvgIpc) is 3.07. The minimum atomic E-state index is -0.162. The number of halogens is 2. The van der Waals surface area contributed by atoms with E-state index >= 15 is 0 Å². The standard InChI is InChI=1S/C18H12Cl2N2O/c19-14-4-7-16(17(20)11-14)18(23)8-3-13-1-5-15(6-2-13)22-10-9-21-12-22/h1-12H/b8-3+. The van der Waals surface area contributed by atoms with Crippen LogP contribution in [-0.2, 0) is 0 Å². The van der Waals surface area contributed by atoms with E-state index in [9.17, 15) is 4.79 Å². The van der Waals surface area contributed by atoms with E-state index in [1.54, 1.807) is 36.8 Å². The lowest BCUT2D eigenvalue weighted by atomic mass is 10.1. The van der Waals surface area contributed by atoms with Gasteiger partial charge >= 0.3 is 0 Å². The molecule has 2 aromatic carbocycles. The van der Waals surface area contributed by atoms with Crippen LogP contribution in [0.25, 0.3) is 11.8 Å². The molecule has 0 atom stereocenters. The van der Waals surface area contributed by atoms with Crippen LogP contribution >= 0.6 is 23.2 Å². The minimum Gasteiger partial charge on any atom is -0.306 e. The van der Waals surface area contributed by atoms with Crippen molar-refractivity contribution in [1.29, 1.82) is 0 Å². The molecule has 0 aliphatic carbocycles. The van der Waals surface area contributed by atoms with Crippen molar-refractivity contribution in [3.63, 3.8) is 0 Å². The number of imidazole rings is 1. The first kappa shape index (κ1) is 15.5. The maximum atomic E-state index is 12.2. The van der Waals surface area contributed by atoms with Crippen LogP contribution in [0.2, 0.25) is 10.0 Å². The number of ketones is 1. The lowest BCUT2D eigenvalue weighted by molar-refractivity contribution is 0.104. The van der Waals surface area contributed by atoms with E-state index in [0.29, 0.717) is 15.6 Å². The molecule has 3 rings (SSSR count). The quantitative estimate of drug-likeness (QED) is 0.489. The van der Waals surface area contributed by atoms with Crippen molar-refractivity contribution in [1.82, 2.24) is 9.55 Å². The molecule has 1 heterocycles. The molecule has 23 heavy (non-hydrogen) atoms. The Hall–Kier alpha value is -2.36. The van der Waals surface area contributed by atoms with Crippen LogP contribution in [0.3, 0.4) is 0 Å². The van der Waals surface area contributed by atoms with Gasteiger partial charge in [-0.05, 0) is 42.0 Å². The molecule has 5 heteroatoms. The molecule has 3 nitrogen and oxygen atoms in total. The van der Waals surface area contributed by atoms with E-state index < -0.39 is 0 Å². The van der Waals surface area contributed by atoms with Crippen LogP contribution in [0.1, 0.15) is 15.9 Å². The predicted molar refractivity (Wildman–Crippen MR) is 93.4 cm³/mol. The molecule has 0 spiro atoms. The molecular weight excluding hydrogens is 331 g/mol. The number of hydrogen-bond acceptors (Lipinski definition) is 2. The highest BCUT2D eigenvalue weighted by molar-refractivity contribution is 6.37. The largest absolute Gasteiger partial charge is 0.306 e. The summed E-state index contributed by atoms with van der Waals surface area (Å²) in [4.78, 5) is 16.2. The Morgan fingerprint density at radius 3 is 2.52 bits per heavy atom. The maximum Gasteiger partial charge on any atom is 0.187 e. The molecule has 114 valence electrons. The second-order valence-corrected chi connectivity index (χ2v) is 5.73. The molecule has 0 unspecified atom stereocenters. The number of benzene rings is 2. The molecule has 1 aromatic heterocycles. The molecule has 0 aliphatic rings. The number of carbonyl (C=O) groups is 1. The van der Waals surface area contributed by atoms with E-state index in [-0.39, 0.29) is 5.78 Å². The van der Waals surface area contributed by atoms with Gasteiger partial charge in [0.15, 0.2) is 5.78 Å². The molecule has 0 N–H and O–H groups in total. The third-order valence-corrected chi connectivity index (χ3v) is 3.87. The monoisotopic (exact) mass is 342 g/mol. The molecule has 0 saturated heterocycles. The van der Waals surface area contributed by atoms with Gasteiger partial charge in [0.2, 0.25) is 0 Å². The molecule has 0 bridgehead atoms. The van der Waals surface area contributed by atoms with Gasteiger partial charge in [-0.3, -0.25) is 4.79 Å². The van der Waals surface area contributed by atoms with E-state index in [4.69, 9.17) is 23.2 Å². The van der Waals surface area contributed by atoms with Crippen molar-refractivity contribution in [2.75, 3.05) is 0 Å². The van der Waals surface area contributed by atoms with Crippen molar-refractivity contribution in [3.8, 4) is 5.69 Å². The fourth-order valence-electron chi connectivity index (χ4n) is 2.12. The second-order valence-electron chi connectivity index (χ2n) is 4.88. The summed E-state index contributed by atoms with van der Waals surface area (Å²) in [7, 11) is 0. The van der Waals surface area contributed by atoms with Crippen LogP contribution in [0.4, 0.5) is 0 Å². The number of aromatic nitrogens is 2. The van der Waals surface area contributed by atoms with Crippen molar-refractivity contribution in [2.24, 2.45) is 0 Å². The lowest BCUT2D eigenvalue weighted by Crippen LogP contribution is -1.95. The molecule has 0 amide bonds. The van der Waals surface area contributed by atoms with Crippen molar-refractivity contribution >= 4 is 35.1 Å². The highest BCUT2D eigenvalue weighted by atomic mass is 35.5. The average molecular weight is 343 g/mol. The molecule has 0 saturated carbocycles. The van der Waals surface area contributed by atoms with Crippen LogP contribution < -0.4 is 0 Å². The Morgan fingerprint density at radius 1 is 1.09 bits per heavy atom. The molecular formula is C18H12Cl2N2O. The van der Waals surface area contributed by atoms with Gasteiger partial charge in [-0.15, -0.1) is 0 Å². The fourth-order valence-corrected chi connectivity index (χ4v) is 2.62. The molecule has 3 aromatic rings. The van der Waals surface area contributed by atoms with Crippen molar-refractivity contribution < 1.29 is 4.79 Å². The third-order valence-electron chi connectivity index (χ3n) is 3.32. The van der Waals surface area contributed by atoms with E-state index in [0.717, 1.165) is 11.3 Å². The Kier molecular flexibility index (Phi) is 4.60. The van der Waals surface area contributed by atoms with E-state index in [1.807, 2.05) is 35.0 Å². The zero-order valence-corrected chi connectivity index (χ0v) is 13.5. The number of nitrogens with zero attached hydrogens (tertiary/aromatic N) is 2. The van der Waals surface area contributed by atoms with Crippen LogP contribution in [0.5, 0.6) is 0 Å². The van der Waals surface area contributed by atoms with Gasteiger partial charge in [0.05, 0.1) is 11.3 Å². The first-order valence-corrected chi connectivity index (χ1v) is 7.65. The minimum absolute atomic E-state index is 0.162. The van der Waals surface area contributed by atoms with Gasteiger partial charge in [0.25, 0.3) is 0 Å². The van der Waals surface area contributed by atoms with Gasteiger partial charge < -0.3 is 4.57 Å². The van der Waals surface area contributed by atoms with Crippen LogP contribution in [0.15, 0.2) is 67.3 Å². The number of rotatable bonds is 4. The van der Waals surface area contributed by atoms with Gasteiger partial charge in [0.1, 0.15) is 0 Å². The van der Waals surface area contributed by atoms with Crippen molar-refractivity contribution in [3.05, 3.63) is 88.4 Å². The third kappa shape index (κ3) is 3.70. The van der Waals surface area contributed by atoms with Crippen LogP contribution in [0, 0.1) is 0 Å². The van der Waals surface area contributed by atoms with Gasteiger partial charge in [-0.2, -0.15) is 0 Å². The van der Waals surface area contributed by atoms with E-state index in [1.165, 1.54) is 6.08 Å². The Balaban J connectivity index is 1.76. The van der Waals surface area contributed by atoms with Gasteiger partial charge in [0, 0.05) is 28.7 Å². The highest BCUT2D eigenvalue weighted by Gasteiger charge is 2.07. The second kappa shape index (κ2) is 6.82. The van der Waals surface area contributed by atoms with Crippen LogP contribution in [-0.4, -0.2) is 15.3 Å². The summed E-state index contributed by atoms with van der Waals surface area (Å²) in [5, 5.41) is 0.855. The van der Waals surface area contributed by atoms with Gasteiger partial charge in [-0.1, -0.05) is 41.4 Å². The first-order valence-electron chi connectivity index (χ1n) is 6.89. The number of carbonyl (C=O) groups excluding carboxylic acids is 1. The summed E-state index contributed by atoms with van der Waals surface area (Å²) >= 11 is 11.9. The lowest BCUT2D eigenvalue weighted by Gasteiger charge is -2.02. The normalized spacial score (nSPS) is 11.0. The predicted octanol–water partition coefficient (Wildman–Crippen LogP) is 5.08. The summed E-state index contributed by atoms with van der Waals surface area (Å²) in [5.41, 5.74) is 2.36. The summed E-state index contributed by atoms with van der Waals surface area (Å²) < 4.78 is 1.91. The number of allylic oxidation sites excluding steroid dienone is 1. The Bertz CT molecular complexity index is 853. The zero-order chi connectivity index (χ0) is 16.2. The number of hydrogen-bond donors (Lipinski definition) is 0. The Labute approximate surface area is 143 Å². The van der Waals surface area contributed by atoms with E-state index in [2.05, 4.69) is 4.98 Å². The highest BCUT2D eigenvalue weighted by Crippen LogP contribution is 2.22. The van der Waals surface area contributed by atoms with Crippen molar-refractivity contribution in [2.45, 2.75) is 0 Å². The molecule has 0 aliphatic heterocycles. The topological polar surface area (TPSA) is 34.9 Å². The fraction of sp³-hybridized carbons (Fsp3) is 0. The summed E-state index contributed by atoms with van der Waals surface area (Å²) in [6.45, 7) is 0. The van der Waals surface area contributed by atoms with Gasteiger partial charge in [-0.25, -0.2) is 4.98 Å². The molecule has 0 radical (unpaired) electrons. The first-order chi connectivity index (χ1) is 11.1. The zero-order valence-electron chi connectivity index (χ0n) is 12.0. The SMILES string of the molecule is O=C(/C=C/c1ccc(-n2ccnc2)cc1)c1ccc(Cl)cc1Cl.